The highest BCUT2D eigenvalue weighted by atomic mass is 32.2. The lowest BCUT2D eigenvalue weighted by atomic mass is 10.2. The first-order chi connectivity index (χ1) is 14.9. The maximum atomic E-state index is 12.8. The van der Waals surface area contributed by atoms with E-state index < -0.39 is 10.0 Å². The van der Waals surface area contributed by atoms with Crippen molar-refractivity contribution in [2.45, 2.75) is 11.4 Å². The summed E-state index contributed by atoms with van der Waals surface area (Å²) in [6, 6.07) is 11.3. The van der Waals surface area contributed by atoms with Gasteiger partial charge in [-0.3, -0.25) is 4.79 Å². The van der Waals surface area contributed by atoms with E-state index in [1.54, 1.807) is 12.1 Å². The van der Waals surface area contributed by atoms with Crippen LogP contribution < -0.4 is 15.5 Å². The lowest BCUT2D eigenvalue weighted by Crippen LogP contribution is -2.47. The Labute approximate surface area is 183 Å². The first kappa shape index (κ1) is 21.5. The largest absolute Gasteiger partial charge is 0.366 e. The molecule has 31 heavy (non-hydrogen) atoms. The molecule has 2 aromatic rings. The molecule has 3 heterocycles. The maximum Gasteiger partial charge on any atom is 0.244 e. The van der Waals surface area contributed by atoms with Crippen LogP contribution in [0.2, 0.25) is 0 Å². The Bertz CT molecular complexity index is 1000. The van der Waals surface area contributed by atoms with Crippen LogP contribution in [0.4, 0.5) is 11.5 Å². The highest BCUT2D eigenvalue weighted by Gasteiger charge is 2.27. The van der Waals surface area contributed by atoms with E-state index in [2.05, 4.69) is 25.4 Å². The van der Waals surface area contributed by atoms with Gasteiger partial charge < -0.3 is 20.4 Å². The zero-order valence-corrected chi connectivity index (χ0v) is 18.4. The van der Waals surface area contributed by atoms with Crippen LogP contribution in [0.5, 0.6) is 0 Å². The van der Waals surface area contributed by atoms with E-state index in [0.717, 1.165) is 30.9 Å². The first-order valence-electron chi connectivity index (χ1n) is 10.4. The van der Waals surface area contributed by atoms with Crippen molar-refractivity contribution in [1.29, 1.82) is 0 Å². The van der Waals surface area contributed by atoms with Gasteiger partial charge in [0.2, 0.25) is 15.9 Å². The summed E-state index contributed by atoms with van der Waals surface area (Å²) in [4.78, 5) is 20.2. The van der Waals surface area contributed by atoms with E-state index in [9.17, 15) is 13.2 Å². The van der Waals surface area contributed by atoms with Gasteiger partial charge in [0.1, 0.15) is 10.7 Å². The molecule has 1 amide bonds. The van der Waals surface area contributed by atoms with Crippen LogP contribution in [-0.2, 0) is 21.4 Å². The summed E-state index contributed by atoms with van der Waals surface area (Å²) in [5.74, 6) is 0.662. The molecular weight excluding hydrogens is 416 g/mol. The van der Waals surface area contributed by atoms with E-state index in [-0.39, 0.29) is 10.8 Å². The molecule has 0 radical (unpaired) electrons. The number of carbonyl (C=O) groups excluding carboxylic acids is 1. The molecule has 2 fully saturated rings. The SMILES string of the molecule is CN1CCN(S(=O)(=O)c2ccc(NCc3ccc(N4CCNC(=O)C4)cc3)nc2)CC1. The van der Waals surface area contributed by atoms with Crippen molar-refractivity contribution in [3.63, 3.8) is 0 Å². The molecule has 1 aromatic heterocycles. The molecule has 0 unspecified atom stereocenters. The quantitative estimate of drug-likeness (QED) is 0.672. The lowest BCUT2D eigenvalue weighted by molar-refractivity contribution is -0.120. The Hall–Kier alpha value is -2.69. The third kappa shape index (κ3) is 5.15. The van der Waals surface area contributed by atoms with Crippen LogP contribution in [0.3, 0.4) is 0 Å². The standard InChI is InChI=1S/C21H28N6O3S/c1-25-10-12-27(13-11-25)31(29,30)19-6-7-20(24-15-19)23-14-17-2-4-18(5-3-17)26-9-8-22-21(28)16-26/h2-7,15H,8-14,16H2,1H3,(H,22,28)(H,23,24). The molecule has 2 aliphatic rings. The Morgan fingerprint density at radius 3 is 2.42 bits per heavy atom. The van der Waals surface area contributed by atoms with Gasteiger partial charge in [-0.1, -0.05) is 12.1 Å². The minimum absolute atomic E-state index is 0.0427. The maximum absolute atomic E-state index is 12.8. The first-order valence-corrected chi connectivity index (χ1v) is 11.8. The Kier molecular flexibility index (Phi) is 6.40. The number of carbonyl (C=O) groups is 1. The molecule has 9 nitrogen and oxygen atoms in total. The summed E-state index contributed by atoms with van der Waals surface area (Å²) in [5.41, 5.74) is 2.09. The third-order valence-electron chi connectivity index (χ3n) is 5.65. The fourth-order valence-corrected chi connectivity index (χ4v) is 5.06. The van der Waals surface area contributed by atoms with E-state index in [4.69, 9.17) is 0 Å². The topological polar surface area (TPSA) is 97.9 Å². The second kappa shape index (κ2) is 9.21. The van der Waals surface area contributed by atoms with E-state index >= 15 is 0 Å². The van der Waals surface area contributed by atoms with Crippen molar-refractivity contribution >= 4 is 27.4 Å². The minimum Gasteiger partial charge on any atom is -0.366 e. The lowest BCUT2D eigenvalue weighted by Gasteiger charge is -2.31. The van der Waals surface area contributed by atoms with Crippen LogP contribution in [0, 0.1) is 0 Å². The molecule has 0 bridgehead atoms. The smallest absolute Gasteiger partial charge is 0.244 e. The zero-order chi connectivity index (χ0) is 21.8. The number of likely N-dealkylation sites (N-methyl/N-ethyl adjacent to an activating group) is 1. The fourth-order valence-electron chi connectivity index (χ4n) is 3.69. The summed E-state index contributed by atoms with van der Waals surface area (Å²) in [6.45, 7) is 4.87. The van der Waals surface area contributed by atoms with Gasteiger partial charge in [0.25, 0.3) is 0 Å². The van der Waals surface area contributed by atoms with Gasteiger partial charge in [0.05, 0.1) is 6.54 Å². The molecule has 1 aromatic carbocycles. The molecule has 2 N–H and O–H groups in total. The number of amides is 1. The number of rotatable bonds is 6. The molecule has 0 atom stereocenters. The van der Waals surface area contributed by atoms with E-state index in [0.29, 0.717) is 38.5 Å². The van der Waals surface area contributed by atoms with Crippen molar-refractivity contribution < 1.29 is 13.2 Å². The molecule has 2 aliphatic heterocycles. The fraction of sp³-hybridized carbons (Fsp3) is 0.429. The normalized spacial score (nSPS) is 18.6. The number of hydrogen-bond acceptors (Lipinski definition) is 7. The van der Waals surface area contributed by atoms with Crippen LogP contribution in [0.25, 0.3) is 0 Å². The van der Waals surface area contributed by atoms with Gasteiger partial charge in [-0.2, -0.15) is 4.31 Å². The predicted octanol–water partition coefficient (Wildman–Crippen LogP) is 0.566. The van der Waals surface area contributed by atoms with Crippen LogP contribution >= 0.6 is 0 Å². The molecule has 10 heteroatoms. The zero-order valence-electron chi connectivity index (χ0n) is 17.6. The monoisotopic (exact) mass is 444 g/mol. The van der Waals surface area contributed by atoms with Crippen molar-refractivity contribution in [2.75, 3.05) is 63.1 Å². The van der Waals surface area contributed by atoms with Gasteiger partial charge in [-0.05, 0) is 36.9 Å². The van der Waals surface area contributed by atoms with Crippen LogP contribution in [0.15, 0.2) is 47.5 Å². The Morgan fingerprint density at radius 2 is 1.77 bits per heavy atom. The number of nitrogens with zero attached hydrogens (tertiary/aromatic N) is 4. The molecule has 4 rings (SSSR count). The van der Waals surface area contributed by atoms with Crippen molar-refractivity contribution in [3.8, 4) is 0 Å². The van der Waals surface area contributed by atoms with Gasteiger partial charge in [-0.15, -0.1) is 0 Å². The number of sulfonamides is 1. The number of pyridine rings is 1. The number of piperazine rings is 2. The number of nitrogens with one attached hydrogen (secondary N) is 2. The molecule has 166 valence electrons. The van der Waals surface area contributed by atoms with Gasteiger partial charge in [-0.25, -0.2) is 13.4 Å². The summed E-state index contributed by atoms with van der Waals surface area (Å²) in [7, 11) is -1.51. The molecule has 2 saturated heterocycles. The van der Waals surface area contributed by atoms with Crippen molar-refractivity contribution in [1.82, 2.24) is 19.5 Å². The van der Waals surface area contributed by atoms with Crippen LogP contribution in [-0.4, -0.2) is 81.4 Å². The summed E-state index contributed by atoms with van der Waals surface area (Å²) in [6.07, 6.45) is 1.42. The number of aromatic nitrogens is 1. The van der Waals surface area contributed by atoms with Crippen molar-refractivity contribution in [3.05, 3.63) is 48.2 Å². The predicted molar refractivity (Wildman–Crippen MR) is 119 cm³/mol. The molecule has 0 saturated carbocycles. The summed E-state index contributed by atoms with van der Waals surface area (Å²) < 4.78 is 27.1. The minimum atomic E-state index is -3.51. The summed E-state index contributed by atoms with van der Waals surface area (Å²) in [5, 5.41) is 6.05. The highest BCUT2D eigenvalue weighted by Crippen LogP contribution is 2.19. The van der Waals surface area contributed by atoms with Gasteiger partial charge >= 0.3 is 0 Å². The van der Waals surface area contributed by atoms with Crippen molar-refractivity contribution in [2.24, 2.45) is 0 Å². The third-order valence-corrected chi connectivity index (χ3v) is 7.53. The molecular formula is C21H28N6O3S. The van der Waals surface area contributed by atoms with E-state index in [1.807, 2.05) is 31.3 Å². The second-order valence-electron chi connectivity index (χ2n) is 7.88. The summed E-state index contributed by atoms with van der Waals surface area (Å²) >= 11 is 0. The number of anilines is 2. The number of benzene rings is 1. The average Bonchev–Trinajstić information content (AvgIpc) is 2.79. The van der Waals surface area contributed by atoms with Gasteiger partial charge in [0.15, 0.2) is 0 Å². The Balaban J connectivity index is 1.33. The van der Waals surface area contributed by atoms with E-state index in [1.165, 1.54) is 10.5 Å². The number of hydrogen-bond donors (Lipinski definition) is 2. The van der Waals surface area contributed by atoms with Gasteiger partial charge in [0, 0.05) is 57.7 Å². The second-order valence-corrected chi connectivity index (χ2v) is 9.82. The highest BCUT2D eigenvalue weighted by molar-refractivity contribution is 7.89. The van der Waals surface area contributed by atoms with Crippen LogP contribution in [0.1, 0.15) is 5.56 Å². The Morgan fingerprint density at radius 1 is 1.03 bits per heavy atom. The molecule has 0 aliphatic carbocycles. The molecule has 0 spiro atoms. The average molecular weight is 445 g/mol.